The lowest BCUT2D eigenvalue weighted by Crippen LogP contribution is -2.30. The molecule has 56 heavy (non-hydrogen) atoms. The first kappa shape index (κ1) is 53.1. The average molecular weight is 783 g/mol. The number of ether oxygens (including phenoxy) is 3. The lowest BCUT2D eigenvalue weighted by atomic mass is 10.1. The van der Waals surface area contributed by atoms with Gasteiger partial charge in [-0.2, -0.15) is 0 Å². The van der Waals surface area contributed by atoms with Gasteiger partial charge in [-0.05, 0) is 96.3 Å². The standard InChI is InChI=1S/C50H86O6/c1-4-7-10-13-16-19-21-23-24-25-26-27-29-31-34-37-40-43-49(52)55-46-47(45-54-48(51)42-39-36-33-30-18-15-12-9-6-3)56-50(53)44-41-38-35-32-28-22-20-17-14-11-8-5-2/h17,20,23-24,26-27,30-31,33-34,47H,4-16,18-19,21-22,25,28-29,32,35-46H2,1-3H3/b20-17-,24-23-,27-26-,33-30-,34-31-. The molecule has 0 saturated carbocycles. The van der Waals surface area contributed by atoms with Crippen LogP contribution in [0.5, 0.6) is 0 Å². The van der Waals surface area contributed by atoms with E-state index < -0.39 is 6.10 Å². The molecule has 0 radical (unpaired) electrons. The fraction of sp³-hybridized carbons (Fsp3) is 0.740. The summed E-state index contributed by atoms with van der Waals surface area (Å²) in [5.74, 6) is -1.01. The number of rotatable bonds is 41. The Balaban J connectivity index is 4.45. The second kappa shape index (κ2) is 44.8. The van der Waals surface area contributed by atoms with Crippen molar-refractivity contribution in [3.05, 3.63) is 60.8 Å². The van der Waals surface area contributed by atoms with E-state index in [1.54, 1.807) is 0 Å². The highest BCUT2D eigenvalue weighted by atomic mass is 16.6. The first-order chi connectivity index (χ1) is 27.5. The molecule has 1 unspecified atom stereocenters. The number of carbonyl (C=O) groups is 3. The minimum atomic E-state index is -0.806. The Bertz CT molecular complexity index is 1040. The summed E-state index contributed by atoms with van der Waals surface area (Å²) in [6.45, 7) is 6.48. The van der Waals surface area contributed by atoms with Gasteiger partial charge in [0, 0.05) is 19.3 Å². The Labute approximate surface area is 345 Å². The van der Waals surface area contributed by atoms with E-state index in [-0.39, 0.29) is 37.5 Å². The van der Waals surface area contributed by atoms with Crippen molar-refractivity contribution in [3.63, 3.8) is 0 Å². The van der Waals surface area contributed by atoms with Gasteiger partial charge in [-0.15, -0.1) is 0 Å². The van der Waals surface area contributed by atoms with Gasteiger partial charge in [0.2, 0.25) is 0 Å². The highest BCUT2D eigenvalue weighted by Gasteiger charge is 2.19. The SMILES string of the molecule is CCCCC/C=C\CCCCCCCC(=O)OC(COC(=O)CCC/C=C\C/C=C\C/C=C\CCCCCCCC)COC(=O)CCC/C=C\CCCCCC. The number of esters is 3. The van der Waals surface area contributed by atoms with Crippen LogP contribution in [-0.2, 0) is 28.6 Å². The average Bonchev–Trinajstić information content (AvgIpc) is 3.19. The summed E-state index contributed by atoms with van der Waals surface area (Å²) in [5.41, 5.74) is 0. The van der Waals surface area contributed by atoms with Crippen molar-refractivity contribution in [1.82, 2.24) is 0 Å². The number of hydrogen-bond acceptors (Lipinski definition) is 6. The minimum Gasteiger partial charge on any atom is -0.462 e. The van der Waals surface area contributed by atoms with Crippen LogP contribution in [0.25, 0.3) is 0 Å². The van der Waals surface area contributed by atoms with Crippen LogP contribution in [0, 0.1) is 0 Å². The van der Waals surface area contributed by atoms with Crippen LogP contribution in [-0.4, -0.2) is 37.2 Å². The van der Waals surface area contributed by atoms with Gasteiger partial charge < -0.3 is 14.2 Å². The van der Waals surface area contributed by atoms with E-state index in [4.69, 9.17) is 14.2 Å². The molecule has 0 spiro atoms. The van der Waals surface area contributed by atoms with Crippen molar-refractivity contribution in [2.75, 3.05) is 13.2 Å². The van der Waals surface area contributed by atoms with Crippen molar-refractivity contribution in [2.45, 2.75) is 226 Å². The fourth-order valence-electron chi connectivity index (χ4n) is 6.16. The Morgan fingerprint density at radius 2 is 0.661 bits per heavy atom. The van der Waals surface area contributed by atoms with E-state index in [9.17, 15) is 14.4 Å². The lowest BCUT2D eigenvalue weighted by molar-refractivity contribution is -0.167. The molecule has 0 aromatic heterocycles. The van der Waals surface area contributed by atoms with Crippen molar-refractivity contribution >= 4 is 17.9 Å². The van der Waals surface area contributed by atoms with Gasteiger partial charge in [0.15, 0.2) is 6.10 Å². The predicted molar refractivity (Wildman–Crippen MR) is 238 cm³/mol. The topological polar surface area (TPSA) is 78.9 Å². The highest BCUT2D eigenvalue weighted by molar-refractivity contribution is 5.71. The first-order valence-electron chi connectivity index (χ1n) is 23.3. The fourth-order valence-corrected chi connectivity index (χ4v) is 6.16. The van der Waals surface area contributed by atoms with Gasteiger partial charge in [-0.25, -0.2) is 0 Å². The summed E-state index contributed by atoms with van der Waals surface area (Å²) in [4.78, 5) is 37.6. The maximum atomic E-state index is 12.7. The van der Waals surface area contributed by atoms with E-state index >= 15 is 0 Å². The second-order valence-corrected chi connectivity index (χ2v) is 15.3. The molecule has 0 aromatic carbocycles. The first-order valence-corrected chi connectivity index (χ1v) is 23.3. The maximum Gasteiger partial charge on any atom is 0.306 e. The molecular formula is C50H86O6. The van der Waals surface area contributed by atoms with Crippen LogP contribution in [0.4, 0.5) is 0 Å². The molecule has 1 atom stereocenters. The Hall–Kier alpha value is -2.89. The third-order valence-corrected chi connectivity index (χ3v) is 9.71. The number of unbranched alkanes of at least 4 members (excludes halogenated alkanes) is 20. The van der Waals surface area contributed by atoms with E-state index in [1.807, 2.05) is 0 Å². The minimum absolute atomic E-state index is 0.109. The van der Waals surface area contributed by atoms with Crippen LogP contribution in [0.2, 0.25) is 0 Å². The summed E-state index contributed by atoms with van der Waals surface area (Å²) < 4.78 is 16.6. The molecule has 0 bridgehead atoms. The molecule has 0 aromatic rings. The molecule has 322 valence electrons. The number of allylic oxidation sites excluding steroid dienone is 10. The van der Waals surface area contributed by atoms with Gasteiger partial charge in [0.1, 0.15) is 13.2 Å². The molecule has 0 fully saturated rings. The van der Waals surface area contributed by atoms with Gasteiger partial charge in [0.25, 0.3) is 0 Å². The molecule has 0 heterocycles. The van der Waals surface area contributed by atoms with Crippen molar-refractivity contribution in [3.8, 4) is 0 Å². The van der Waals surface area contributed by atoms with Crippen molar-refractivity contribution < 1.29 is 28.6 Å². The Morgan fingerprint density at radius 1 is 0.357 bits per heavy atom. The van der Waals surface area contributed by atoms with Crippen molar-refractivity contribution in [2.24, 2.45) is 0 Å². The Kier molecular flexibility index (Phi) is 42.5. The van der Waals surface area contributed by atoms with E-state index in [1.165, 1.54) is 103 Å². The molecule has 0 rings (SSSR count). The summed E-state index contributed by atoms with van der Waals surface area (Å²) in [5, 5.41) is 0. The van der Waals surface area contributed by atoms with E-state index in [0.717, 1.165) is 64.2 Å². The molecular weight excluding hydrogens is 697 g/mol. The van der Waals surface area contributed by atoms with Crippen LogP contribution in [0.1, 0.15) is 220 Å². The third-order valence-electron chi connectivity index (χ3n) is 9.71. The molecule has 0 amide bonds. The molecule has 0 aliphatic carbocycles. The molecule has 0 aliphatic rings. The zero-order valence-electron chi connectivity index (χ0n) is 36.6. The summed E-state index contributed by atoms with van der Waals surface area (Å²) in [7, 11) is 0. The van der Waals surface area contributed by atoms with Gasteiger partial charge in [-0.3, -0.25) is 14.4 Å². The van der Waals surface area contributed by atoms with Crippen LogP contribution < -0.4 is 0 Å². The van der Waals surface area contributed by atoms with Crippen LogP contribution in [0.15, 0.2) is 60.8 Å². The number of carbonyl (C=O) groups excluding carboxylic acids is 3. The van der Waals surface area contributed by atoms with Crippen LogP contribution >= 0.6 is 0 Å². The largest absolute Gasteiger partial charge is 0.462 e. The third kappa shape index (κ3) is 42.3. The van der Waals surface area contributed by atoms with Gasteiger partial charge in [-0.1, -0.05) is 165 Å². The van der Waals surface area contributed by atoms with Gasteiger partial charge in [0.05, 0.1) is 0 Å². The summed E-state index contributed by atoms with van der Waals surface area (Å²) in [6, 6.07) is 0. The monoisotopic (exact) mass is 783 g/mol. The van der Waals surface area contributed by atoms with E-state index in [2.05, 4.69) is 81.5 Å². The van der Waals surface area contributed by atoms with Gasteiger partial charge >= 0.3 is 17.9 Å². The number of hydrogen-bond donors (Lipinski definition) is 0. The summed E-state index contributed by atoms with van der Waals surface area (Å²) >= 11 is 0. The molecule has 6 nitrogen and oxygen atoms in total. The molecule has 0 N–H and O–H groups in total. The molecule has 6 heteroatoms. The zero-order valence-corrected chi connectivity index (χ0v) is 36.6. The smallest absolute Gasteiger partial charge is 0.306 e. The summed E-state index contributed by atoms with van der Waals surface area (Å²) in [6.07, 6.45) is 53.6. The molecule has 0 aliphatic heterocycles. The highest BCUT2D eigenvalue weighted by Crippen LogP contribution is 2.12. The Morgan fingerprint density at radius 3 is 1.12 bits per heavy atom. The lowest BCUT2D eigenvalue weighted by Gasteiger charge is -2.18. The quantitative estimate of drug-likeness (QED) is 0.0266. The predicted octanol–water partition coefficient (Wildman–Crippen LogP) is 14.9. The molecule has 0 saturated heterocycles. The van der Waals surface area contributed by atoms with E-state index in [0.29, 0.717) is 25.7 Å². The zero-order chi connectivity index (χ0) is 40.8. The second-order valence-electron chi connectivity index (χ2n) is 15.3. The normalized spacial score (nSPS) is 12.6. The maximum absolute atomic E-state index is 12.7. The van der Waals surface area contributed by atoms with Crippen molar-refractivity contribution in [1.29, 1.82) is 0 Å². The van der Waals surface area contributed by atoms with Crippen LogP contribution in [0.3, 0.4) is 0 Å².